The number of benzene rings is 4. The van der Waals surface area contributed by atoms with Gasteiger partial charge >= 0.3 is 228 Å². The fraction of sp³-hybridized carbons (Fsp3) is 0.286. The van der Waals surface area contributed by atoms with Gasteiger partial charge < -0.3 is 0 Å². The van der Waals surface area contributed by atoms with Gasteiger partial charge in [0.05, 0.1) is 0 Å². The van der Waals surface area contributed by atoms with Crippen molar-refractivity contribution in [2.24, 2.45) is 5.41 Å². The van der Waals surface area contributed by atoms with Crippen LogP contribution < -0.4 is 4.74 Å². The van der Waals surface area contributed by atoms with E-state index in [4.69, 9.17) is 14.7 Å². The molecule has 1 aliphatic rings. The Hall–Kier alpha value is -5.06. The molecule has 0 N–H and O–H groups in total. The summed E-state index contributed by atoms with van der Waals surface area (Å²) in [6, 6.07) is 34.8. The fourth-order valence-corrected chi connectivity index (χ4v) is 10.1. The monoisotopic (exact) mass is 918 g/mol. The number of aryl methyl sites for hydroxylation is 1. The molecule has 8 aromatic rings. The number of fused-ring (bicyclic) bond motifs is 6. The van der Waals surface area contributed by atoms with E-state index >= 15 is 0 Å². The molecule has 0 spiro atoms. The molecule has 0 aliphatic heterocycles. The Morgan fingerprint density at radius 2 is 1.32 bits per heavy atom. The van der Waals surface area contributed by atoms with Gasteiger partial charge in [-0.3, -0.25) is 0 Å². The Morgan fingerprint density at radius 3 is 2.02 bits per heavy atom. The van der Waals surface area contributed by atoms with Crippen LogP contribution in [0.2, 0.25) is 0 Å². The van der Waals surface area contributed by atoms with E-state index in [-0.39, 0.29) is 21.7 Å². The van der Waals surface area contributed by atoms with Gasteiger partial charge in [0.1, 0.15) is 0 Å². The van der Waals surface area contributed by atoms with Crippen LogP contribution in [0.25, 0.3) is 50.0 Å². The third-order valence-corrected chi connectivity index (χ3v) is 14.4. The van der Waals surface area contributed by atoms with Crippen LogP contribution in [0.3, 0.4) is 0 Å². The number of aromatic nitrogens is 5. The quantitative estimate of drug-likeness (QED) is 0.173. The summed E-state index contributed by atoms with van der Waals surface area (Å²) in [5.41, 5.74) is 11.7. The van der Waals surface area contributed by atoms with Gasteiger partial charge in [-0.05, 0) is 38.9 Å². The Balaban J connectivity index is 1.22. The first-order valence-electron chi connectivity index (χ1n) is 19.5. The van der Waals surface area contributed by atoms with Gasteiger partial charge in [0.15, 0.2) is 0 Å². The van der Waals surface area contributed by atoms with Crippen molar-refractivity contribution in [2.45, 2.75) is 85.5 Å². The molecule has 0 amide bonds. The Labute approximate surface area is 340 Å². The van der Waals surface area contributed by atoms with Crippen molar-refractivity contribution in [1.82, 2.24) is 23.7 Å². The Bertz CT molecular complexity index is 2930. The third-order valence-electron chi connectivity index (χ3n) is 13.4. The molecule has 4 aromatic carbocycles. The van der Waals surface area contributed by atoms with Gasteiger partial charge in [-0.25, -0.2) is 0 Å². The summed E-state index contributed by atoms with van der Waals surface area (Å²) in [7, 11) is 0. The number of pyridine rings is 2. The SMILES string of the molecule is Cc1ccc(-n2[c](=[Pt])n(-c3cncc(Oc4ccc5c6ccc7c(c6n(-c6cc(C(C)(C)C)ccn6)c5c4)C(C)(C)C(C)(C)C7(C)C)c3)c3ccccc32)cc1. The van der Waals surface area contributed by atoms with Gasteiger partial charge in [0.25, 0.3) is 0 Å². The zero-order valence-corrected chi connectivity index (χ0v) is 36.2. The molecule has 0 saturated carbocycles. The minimum absolute atomic E-state index is 0.00713. The summed E-state index contributed by atoms with van der Waals surface area (Å²) in [6.45, 7) is 23.4. The van der Waals surface area contributed by atoms with E-state index in [9.17, 15) is 0 Å². The minimum atomic E-state index is -0.109. The summed E-state index contributed by atoms with van der Waals surface area (Å²) < 4.78 is 14.7. The molecule has 0 bridgehead atoms. The third kappa shape index (κ3) is 5.28. The average molecular weight is 919 g/mol. The zero-order valence-electron chi connectivity index (χ0n) is 33.9. The average Bonchev–Trinajstić information content (AvgIpc) is 3.68. The first-order chi connectivity index (χ1) is 26.5. The number of rotatable bonds is 5. The van der Waals surface area contributed by atoms with Crippen LogP contribution in [-0.4, -0.2) is 23.7 Å². The van der Waals surface area contributed by atoms with Crippen molar-refractivity contribution in [3.8, 4) is 28.7 Å². The standard InChI is InChI=1S/C49H49N5O.Pt/c1-31-15-17-33(18-16-31)52-30-53(41-14-12-11-13-40(41)52)34-26-36(29-50-28-34)55-35-19-20-37-38-21-22-39-44(48(7,8)49(9,10)47(39,5)6)45(38)54(42(37)27-35)43-25-32(23-24-51-43)46(2,3)4;/h11-29H,1-10H3;. The van der Waals surface area contributed by atoms with E-state index in [1.807, 2.05) is 12.4 Å². The van der Waals surface area contributed by atoms with Crippen LogP contribution in [0.4, 0.5) is 0 Å². The predicted molar refractivity (Wildman–Crippen MR) is 226 cm³/mol. The van der Waals surface area contributed by atoms with E-state index in [0.717, 1.165) is 43.3 Å². The van der Waals surface area contributed by atoms with Crippen LogP contribution in [0.1, 0.15) is 84.6 Å². The van der Waals surface area contributed by atoms with Gasteiger partial charge in [-0.15, -0.1) is 0 Å². The van der Waals surface area contributed by atoms with Crippen LogP contribution in [-0.2, 0) is 35.6 Å². The summed E-state index contributed by atoms with van der Waals surface area (Å²) in [5.74, 6) is 2.32. The van der Waals surface area contributed by atoms with Crippen LogP contribution >= 0.6 is 0 Å². The second-order valence-electron chi connectivity index (χ2n) is 18.1. The van der Waals surface area contributed by atoms with E-state index in [2.05, 4.69) is 199 Å². The molecule has 1 aliphatic carbocycles. The molecule has 56 heavy (non-hydrogen) atoms. The van der Waals surface area contributed by atoms with E-state index in [1.165, 1.54) is 38.5 Å². The van der Waals surface area contributed by atoms with Gasteiger partial charge in [0, 0.05) is 6.20 Å². The van der Waals surface area contributed by atoms with Crippen molar-refractivity contribution in [2.75, 3.05) is 0 Å². The van der Waals surface area contributed by atoms with Gasteiger partial charge in [-0.2, -0.15) is 0 Å². The number of ether oxygens (including phenoxy) is 1. The van der Waals surface area contributed by atoms with Gasteiger partial charge in [-0.1, -0.05) is 68.4 Å². The van der Waals surface area contributed by atoms with Gasteiger partial charge in [0.2, 0.25) is 0 Å². The summed E-state index contributed by atoms with van der Waals surface area (Å²) in [5, 5.41) is 2.41. The molecule has 6 nitrogen and oxygen atoms in total. The topological polar surface area (TPSA) is 49.8 Å². The van der Waals surface area contributed by atoms with Crippen molar-refractivity contribution < 1.29 is 24.1 Å². The molecular weight excluding hydrogens is 870 g/mol. The molecule has 9 rings (SSSR count). The van der Waals surface area contributed by atoms with Crippen LogP contribution in [0.5, 0.6) is 11.5 Å². The molecule has 7 heteroatoms. The first kappa shape index (κ1) is 36.6. The normalized spacial score (nSPS) is 15.9. The molecule has 4 heterocycles. The number of hydrogen-bond donors (Lipinski definition) is 0. The maximum absolute atomic E-state index is 6.75. The van der Waals surface area contributed by atoms with Crippen molar-refractivity contribution in [1.29, 1.82) is 0 Å². The molecule has 0 radical (unpaired) electrons. The molecule has 0 unspecified atom stereocenters. The molecular formula is C49H49N5OPt. The first-order valence-corrected chi connectivity index (χ1v) is 20.6. The second-order valence-corrected chi connectivity index (χ2v) is 19.2. The van der Waals surface area contributed by atoms with Crippen molar-refractivity contribution in [3.63, 3.8) is 0 Å². The van der Waals surface area contributed by atoms with Crippen molar-refractivity contribution >= 4 is 32.8 Å². The Kier molecular flexibility index (Phi) is 8.14. The summed E-state index contributed by atoms with van der Waals surface area (Å²) >= 11 is 2.42. The number of para-hydroxylation sites is 2. The molecule has 4 aromatic heterocycles. The zero-order chi connectivity index (χ0) is 39.5. The van der Waals surface area contributed by atoms with Crippen LogP contribution in [0, 0.1) is 16.1 Å². The van der Waals surface area contributed by atoms with Crippen molar-refractivity contribution in [3.05, 3.63) is 142 Å². The predicted octanol–water partition coefficient (Wildman–Crippen LogP) is 12.4. The molecule has 0 saturated heterocycles. The summed E-state index contributed by atoms with van der Waals surface area (Å²) in [4.78, 5) is 9.77. The number of nitrogens with zero attached hydrogens (tertiary/aromatic N) is 5. The molecule has 0 fully saturated rings. The second kappa shape index (κ2) is 12.5. The van der Waals surface area contributed by atoms with E-state index in [1.54, 1.807) is 6.20 Å². The fourth-order valence-electron chi connectivity index (χ4n) is 8.99. The molecule has 0 atom stereocenters. The number of hydrogen-bond acceptors (Lipinski definition) is 3. The van der Waals surface area contributed by atoms with E-state index in [0.29, 0.717) is 5.75 Å². The molecule has 286 valence electrons. The van der Waals surface area contributed by atoms with Crippen LogP contribution in [0.15, 0.2) is 116 Å². The number of imidazole rings is 1. The summed E-state index contributed by atoms with van der Waals surface area (Å²) in [6.07, 6.45) is 5.66. The maximum atomic E-state index is 6.75. The van der Waals surface area contributed by atoms with E-state index < -0.39 is 0 Å². The Morgan fingerprint density at radius 1 is 0.643 bits per heavy atom.